The van der Waals surface area contributed by atoms with Crippen LogP contribution >= 0.6 is 15.9 Å². The van der Waals surface area contributed by atoms with Crippen LogP contribution in [-0.2, 0) is 11.8 Å². The largest absolute Gasteiger partial charge is 0.493 e. The number of aryl methyl sites for hydroxylation is 2. The molecule has 0 saturated heterocycles. The topological polar surface area (TPSA) is 81.6 Å². The van der Waals surface area contributed by atoms with Crippen molar-refractivity contribution in [2.24, 2.45) is 7.05 Å². The summed E-state index contributed by atoms with van der Waals surface area (Å²) in [5.41, 5.74) is 6.06. The molecule has 7 nitrogen and oxygen atoms in total. The average Bonchev–Trinajstić information content (AvgIpc) is 2.89. The van der Waals surface area contributed by atoms with Crippen molar-refractivity contribution in [2.75, 3.05) is 13.7 Å². The van der Waals surface area contributed by atoms with Gasteiger partial charge in [-0.15, -0.1) is 0 Å². The number of nitrogens with one attached hydrogen (secondary N) is 2. The maximum atomic E-state index is 12.0. The predicted molar refractivity (Wildman–Crippen MR) is 91.9 cm³/mol. The number of hydrogen-bond donors (Lipinski definition) is 2. The molecule has 2 aromatic rings. The molecule has 128 valence electrons. The van der Waals surface area contributed by atoms with Crippen LogP contribution < -0.4 is 20.3 Å². The third-order valence-electron chi connectivity index (χ3n) is 3.20. The molecule has 2 N–H and O–H groups in total. The predicted octanol–water partition coefficient (Wildman–Crippen LogP) is 1.94. The summed E-state index contributed by atoms with van der Waals surface area (Å²) in [7, 11) is 3.26. The van der Waals surface area contributed by atoms with E-state index in [0.29, 0.717) is 17.2 Å². The maximum Gasteiger partial charge on any atom is 0.286 e. The van der Waals surface area contributed by atoms with Gasteiger partial charge in [0.15, 0.2) is 18.1 Å². The van der Waals surface area contributed by atoms with Gasteiger partial charge >= 0.3 is 0 Å². The standard InChI is InChI=1S/C16H18BrN3O4/c1-10-4-5-13(14(6-10)23-3)24-9-15(21)18-19-16(22)12-7-11(17)8-20(12)2/h4-8H,9H2,1-3H3,(H,18,21)(H,19,22). The smallest absolute Gasteiger partial charge is 0.286 e. The van der Waals surface area contributed by atoms with Crippen LogP contribution in [0.4, 0.5) is 0 Å². The summed E-state index contributed by atoms with van der Waals surface area (Å²) in [6.45, 7) is 1.67. The lowest BCUT2D eigenvalue weighted by Crippen LogP contribution is -2.44. The van der Waals surface area contributed by atoms with E-state index in [9.17, 15) is 9.59 Å². The van der Waals surface area contributed by atoms with E-state index in [0.717, 1.165) is 10.0 Å². The highest BCUT2D eigenvalue weighted by molar-refractivity contribution is 9.10. The highest BCUT2D eigenvalue weighted by atomic mass is 79.9. The van der Waals surface area contributed by atoms with E-state index in [-0.39, 0.29) is 6.61 Å². The molecule has 0 atom stereocenters. The van der Waals surface area contributed by atoms with Crippen LogP contribution in [0.25, 0.3) is 0 Å². The van der Waals surface area contributed by atoms with Gasteiger partial charge in [0.25, 0.3) is 11.8 Å². The molecule has 0 saturated carbocycles. The van der Waals surface area contributed by atoms with Crippen LogP contribution in [-0.4, -0.2) is 30.1 Å². The summed E-state index contributed by atoms with van der Waals surface area (Å²) < 4.78 is 13.0. The first-order chi connectivity index (χ1) is 11.4. The van der Waals surface area contributed by atoms with E-state index in [4.69, 9.17) is 9.47 Å². The summed E-state index contributed by atoms with van der Waals surface area (Å²) >= 11 is 3.28. The molecule has 0 aliphatic heterocycles. The summed E-state index contributed by atoms with van der Waals surface area (Å²) in [5.74, 6) is 0.0835. The summed E-state index contributed by atoms with van der Waals surface area (Å²) in [6.07, 6.45) is 1.74. The van der Waals surface area contributed by atoms with Crippen molar-refractivity contribution in [1.29, 1.82) is 0 Å². The third-order valence-corrected chi connectivity index (χ3v) is 3.63. The molecule has 0 aliphatic carbocycles. The lowest BCUT2D eigenvalue weighted by Gasteiger charge is -2.12. The lowest BCUT2D eigenvalue weighted by molar-refractivity contribution is -0.123. The van der Waals surface area contributed by atoms with Crippen molar-refractivity contribution >= 4 is 27.7 Å². The van der Waals surface area contributed by atoms with Gasteiger partial charge in [0.05, 0.1) is 7.11 Å². The molecule has 2 amide bonds. The Balaban J connectivity index is 1.86. The zero-order chi connectivity index (χ0) is 17.7. The molecule has 0 fully saturated rings. The number of hydrogen-bond acceptors (Lipinski definition) is 4. The van der Waals surface area contributed by atoms with Crippen LogP contribution in [0.3, 0.4) is 0 Å². The maximum absolute atomic E-state index is 12.0. The Morgan fingerprint density at radius 2 is 1.96 bits per heavy atom. The van der Waals surface area contributed by atoms with Gasteiger partial charge in [-0.05, 0) is 46.6 Å². The molecule has 8 heteroatoms. The third kappa shape index (κ3) is 4.51. The normalized spacial score (nSPS) is 10.2. The van der Waals surface area contributed by atoms with Crippen LogP contribution in [0, 0.1) is 6.92 Å². The van der Waals surface area contributed by atoms with Crippen molar-refractivity contribution in [3.63, 3.8) is 0 Å². The summed E-state index contributed by atoms with van der Waals surface area (Å²) in [4.78, 5) is 23.8. The van der Waals surface area contributed by atoms with Crippen LogP contribution in [0.15, 0.2) is 34.9 Å². The van der Waals surface area contributed by atoms with Gasteiger partial charge in [-0.3, -0.25) is 20.4 Å². The van der Waals surface area contributed by atoms with Crippen molar-refractivity contribution in [3.05, 3.63) is 46.2 Å². The number of carbonyl (C=O) groups excluding carboxylic acids is 2. The minimum absolute atomic E-state index is 0.253. The van der Waals surface area contributed by atoms with E-state index < -0.39 is 11.8 Å². The zero-order valence-corrected chi connectivity index (χ0v) is 15.1. The van der Waals surface area contributed by atoms with Gasteiger partial charge in [0, 0.05) is 17.7 Å². The van der Waals surface area contributed by atoms with Gasteiger partial charge < -0.3 is 14.0 Å². The number of hydrazine groups is 1. The van der Waals surface area contributed by atoms with Crippen LogP contribution in [0.2, 0.25) is 0 Å². The number of nitrogens with zero attached hydrogens (tertiary/aromatic N) is 1. The molecule has 1 aromatic heterocycles. The number of rotatable bonds is 5. The molecule has 24 heavy (non-hydrogen) atoms. The second-order valence-corrected chi connectivity index (χ2v) is 6.02. The van der Waals surface area contributed by atoms with Crippen LogP contribution in [0.5, 0.6) is 11.5 Å². The van der Waals surface area contributed by atoms with Gasteiger partial charge in [0.2, 0.25) is 0 Å². The Morgan fingerprint density at radius 3 is 2.58 bits per heavy atom. The van der Waals surface area contributed by atoms with E-state index in [1.54, 1.807) is 29.9 Å². The van der Waals surface area contributed by atoms with E-state index in [1.807, 2.05) is 19.1 Å². The summed E-state index contributed by atoms with van der Waals surface area (Å²) in [5, 5.41) is 0. The first kappa shape index (κ1) is 17.9. The number of halogens is 1. The Morgan fingerprint density at radius 1 is 1.21 bits per heavy atom. The van der Waals surface area contributed by atoms with Crippen LogP contribution in [0.1, 0.15) is 16.1 Å². The molecule has 1 aromatic carbocycles. The fraction of sp³-hybridized carbons (Fsp3) is 0.250. The van der Waals surface area contributed by atoms with Crippen molar-refractivity contribution in [3.8, 4) is 11.5 Å². The second-order valence-electron chi connectivity index (χ2n) is 5.10. The number of carbonyl (C=O) groups is 2. The molecule has 1 heterocycles. The molecule has 2 rings (SSSR count). The Labute approximate surface area is 148 Å². The van der Waals surface area contributed by atoms with Crippen molar-refractivity contribution in [2.45, 2.75) is 6.92 Å². The second kappa shape index (κ2) is 7.87. The Bertz CT molecular complexity index is 758. The first-order valence-corrected chi connectivity index (χ1v) is 7.88. The van der Waals surface area contributed by atoms with Gasteiger partial charge in [-0.1, -0.05) is 6.07 Å². The summed E-state index contributed by atoms with van der Waals surface area (Å²) in [6, 6.07) is 7.03. The Hall–Kier alpha value is -2.48. The minimum atomic E-state index is -0.487. The SMILES string of the molecule is COc1cc(C)ccc1OCC(=O)NNC(=O)c1cc(Br)cn1C. The van der Waals surface area contributed by atoms with Gasteiger partial charge in [0.1, 0.15) is 5.69 Å². The quantitative estimate of drug-likeness (QED) is 0.758. The fourth-order valence-corrected chi connectivity index (χ4v) is 2.54. The molecule has 0 spiro atoms. The highest BCUT2D eigenvalue weighted by Gasteiger charge is 2.13. The Kier molecular flexibility index (Phi) is 5.86. The number of benzene rings is 1. The molecular weight excluding hydrogens is 378 g/mol. The van der Waals surface area contributed by atoms with E-state index in [2.05, 4.69) is 26.8 Å². The highest BCUT2D eigenvalue weighted by Crippen LogP contribution is 2.27. The van der Waals surface area contributed by atoms with Crippen molar-refractivity contribution in [1.82, 2.24) is 15.4 Å². The zero-order valence-electron chi connectivity index (χ0n) is 13.6. The number of aromatic nitrogens is 1. The van der Waals surface area contributed by atoms with Gasteiger partial charge in [-0.2, -0.15) is 0 Å². The average molecular weight is 396 g/mol. The van der Waals surface area contributed by atoms with E-state index >= 15 is 0 Å². The van der Waals surface area contributed by atoms with E-state index in [1.165, 1.54) is 7.11 Å². The fourth-order valence-electron chi connectivity index (χ4n) is 2.01. The number of methoxy groups -OCH3 is 1. The first-order valence-electron chi connectivity index (χ1n) is 7.09. The van der Waals surface area contributed by atoms with Gasteiger partial charge in [-0.25, -0.2) is 0 Å². The lowest BCUT2D eigenvalue weighted by atomic mass is 10.2. The molecule has 0 unspecified atom stereocenters. The molecule has 0 bridgehead atoms. The number of amides is 2. The molecule has 0 aliphatic rings. The number of ether oxygens (including phenoxy) is 2. The molecular formula is C16H18BrN3O4. The minimum Gasteiger partial charge on any atom is -0.493 e. The van der Waals surface area contributed by atoms with Crippen molar-refractivity contribution < 1.29 is 19.1 Å². The molecule has 0 radical (unpaired) electrons. The monoisotopic (exact) mass is 395 g/mol.